The minimum Gasteiger partial charge on any atom is -0.496 e. The van der Waals surface area contributed by atoms with Gasteiger partial charge in [0, 0.05) is 62.2 Å². The highest BCUT2D eigenvalue weighted by molar-refractivity contribution is 5.93. The van der Waals surface area contributed by atoms with Gasteiger partial charge in [0.05, 0.1) is 13.7 Å². The fraction of sp³-hybridized carbons (Fsp3) is 0.458. The molecule has 0 spiro atoms. The third-order valence-corrected chi connectivity index (χ3v) is 6.10. The highest BCUT2D eigenvalue weighted by atomic mass is 16.5. The lowest BCUT2D eigenvalue weighted by Crippen LogP contribution is -2.54. The minimum absolute atomic E-state index is 0.0143. The summed E-state index contributed by atoms with van der Waals surface area (Å²) in [5.41, 5.74) is 2.40. The van der Waals surface area contributed by atoms with Crippen LogP contribution in [-0.2, 0) is 4.79 Å². The van der Waals surface area contributed by atoms with Crippen LogP contribution in [0.3, 0.4) is 0 Å². The highest BCUT2D eigenvalue weighted by Crippen LogP contribution is 2.33. The van der Waals surface area contributed by atoms with Crippen LogP contribution in [0.15, 0.2) is 36.5 Å². The number of urea groups is 1. The zero-order chi connectivity index (χ0) is 23.4. The number of hydrogen-bond donors (Lipinski definition) is 1. The first-order valence-corrected chi connectivity index (χ1v) is 11.5. The SMILES string of the molecule is CCCC(=O)Nc1ccc(OC)c(-c2ccc(N3CCN(N4CCN(C)CC4)C3=O)nc2)c1. The number of pyridine rings is 1. The molecular formula is C24H32N6O3. The lowest BCUT2D eigenvalue weighted by molar-refractivity contribution is -0.116. The number of carbonyl (C=O) groups excluding carboxylic acids is 2. The van der Waals surface area contributed by atoms with Gasteiger partial charge in [0.1, 0.15) is 11.6 Å². The average molecular weight is 453 g/mol. The van der Waals surface area contributed by atoms with Crippen LogP contribution >= 0.6 is 0 Å². The van der Waals surface area contributed by atoms with E-state index < -0.39 is 0 Å². The van der Waals surface area contributed by atoms with Gasteiger partial charge in [-0.05, 0) is 43.8 Å². The summed E-state index contributed by atoms with van der Waals surface area (Å²) in [4.78, 5) is 33.6. The van der Waals surface area contributed by atoms with E-state index in [-0.39, 0.29) is 11.9 Å². The van der Waals surface area contributed by atoms with E-state index in [2.05, 4.69) is 27.3 Å². The molecular weight excluding hydrogens is 420 g/mol. The van der Waals surface area contributed by atoms with Crippen LogP contribution in [-0.4, -0.2) is 85.3 Å². The molecule has 0 unspecified atom stereocenters. The fourth-order valence-electron chi connectivity index (χ4n) is 4.20. The quantitative estimate of drug-likeness (QED) is 0.696. The van der Waals surface area contributed by atoms with E-state index in [4.69, 9.17) is 4.74 Å². The third kappa shape index (κ3) is 5.09. The number of nitrogens with one attached hydrogen (secondary N) is 1. The van der Waals surface area contributed by atoms with Crippen molar-refractivity contribution in [2.24, 2.45) is 0 Å². The van der Waals surface area contributed by atoms with Crippen LogP contribution in [0.2, 0.25) is 0 Å². The fourth-order valence-corrected chi connectivity index (χ4v) is 4.20. The summed E-state index contributed by atoms with van der Waals surface area (Å²) in [6.45, 7) is 6.87. The number of likely N-dealkylation sites (N-methyl/N-ethyl adjacent to an activating group) is 1. The van der Waals surface area contributed by atoms with Crippen molar-refractivity contribution in [1.29, 1.82) is 0 Å². The molecule has 2 saturated heterocycles. The van der Waals surface area contributed by atoms with Gasteiger partial charge in [0.2, 0.25) is 5.91 Å². The predicted molar refractivity (Wildman–Crippen MR) is 128 cm³/mol. The number of amides is 3. The summed E-state index contributed by atoms with van der Waals surface area (Å²) >= 11 is 0. The van der Waals surface area contributed by atoms with Crippen LogP contribution in [0.5, 0.6) is 5.75 Å². The first-order chi connectivity index (χ1) is 16.0. The maximum absolute atomic E-state index is 13.0. The van der Waals surface area contributed by atoms with Gasteiger partial charge < -0.3 is 15.0 Å². The molecule has 3 heterocycles. The van der Waals surface area contributed by atoms with E-state index in [1.54, 1.807) is 18.2 Å². The first-order valence-electron chi connectivity index (χ1n) is 11.5. The minimum atomic E-state index is -0.0296. The first kappa shape index (κ1) is 23.0. The number of benzene rings is 1. The average Bonchev–Trinajstić information content (AvgIpc) is 3.21. The molecule has 2 fully saturated rings. The van der Waals surface area contributed by atoms with Crippen molar-refractivity contribution in [2.45, 2.75) is 19.8 Å². The van der Waals surface area contributed by atoms with Gasteiger partial charge in [-0.1, -0.05) is 6.92 Å². The zero-order valence-corrected chi connectivity index (χ0v) is 19.6. The summed E-state index contributed by atoms with van der Waals surface area (Å²) < 4.78 is 5.52. The smallest absolute Gasteiger partial charge is 0.340 e. The number of hydrogen-bond acceptors (Lipinski definition) is 6. The maximum Gasteiger partial charge on any atom is 0.340 e. The van der Waals surface area contributed by atoms with Gasteiger partial charge in [0.25, 0.3) is 0 Å². The summed E-state index contributed by atoms with van der Waals surface area (Å²) in [5, 5.41) is 6.90. The van der Waals surface area contributed by atoms with Gasteiger partial charge in [0.15, 0.2) is 0 Å². The van der Waals surface area contributed by atoms with Gasteiger partial charge in [-0.3, -0.25) is 14.7 Å². The lowest BCUT2D eigenvalue weighted by Gasteiger charge is -2.37. The molecule has 9 nitrogen and oxygen atoms in total. The molecule has 1 aromatic carbocycles. The van der Waals surface area contributed by atoms with Gasteiger partial charge in [-0.25, -0.2) is 14.8 Å². The Hall–Kier alpha value is -3.17. The van der Waals surface area contributed by atoms with Crippen molar-refractivity contribution in [1.82, 2.24) is 19.9 Å². The largest absolute Gasteiger partial charge is 0.496 e. The molecule has 2 aliphatic rings. The predicted octanol–water partition coefficient (Wildman–Crippen LogP) is 2.90. The monoisotopic (exact) mass is 452 g/mol. The number of methoxy groups -OCH3 is 1. The van der Waals surface area contributed by atoms with Crippen LogP contribution in [0.4, 0.5) is 16.3 Å². The summed E-state index contributed by atoms with van der Waals surface area (Å²) in [5.74, 6) is 1.31. The van der Waals surface area contributed by atoms with E-state index in [0.29, 0.717) is 36.8 Å². The Morgan fingerprint density at radius 3 is 2.55 bits per heavy atom. The maximum atomic E-state index is 13.0. The molecule has 1 aromatic heterocycles. The lowest BCUT2D eigenvalue weighted by atomic mass is 10.1. The standard InChI is InChI=1S/C24H32N6O3/c1-4-5-23(31)26-19-7-8-21(33-3)20(16-19)18-6-9-22(25-17-18)29-14-15-30(24(29)32)28-12-10-27(2)11-13-28/h6-9,16-17H,4-5,10-15H2,1-3H3,(H,26,31). The number of carbonyl (C=O) groups is 2. The molecule has 2 aromatic rings. The van der Waals surface area contributed by atoms with E-state index in [1.165, 1.54) is 0 Å². The van der Waals surface area contributed by atoms with Gasteiger partial charge in [-0.2, -0.15) is 0 Å². The van der Waals surface area contributed by atoms with Crippen molar-refractivity contribution in [3.8, 4) is 16.9 Å². The van der Waals surface area contributed by atoms with Crippen LogP contribution in [0, 0.1) is 0 Å². The van der Waals surface area contributed by atoms with Gasteiger partial charge >= 0.3 is 6.03 Å². The van der Waals surface area contributed by atoms with Crippen LogP contribution in [0.25, 0.3) is 11.1 Å². The van der Waals surface area contributed by atoms with E-state index in [1.807, 2.05) is 42.3 Å². The van der Waals surface area contributed by atoms with Crippen molar-refractivity contribution in [3.63, 3.8) is 0 Å². The Morgan fingerprint density at radius 1 is 1.09 bits per heavy atom. The Morgan fingerprint density at radius 2 is 1.88 bits per heavy atom. The van der Waals surface area contributed by atoms with E-state index in [9.17, 15) is 9.59 Å². The second-order valence-corrected chi connectivity index (χ2v) is 8.43. The molecule has 0 atom stereocenters. The second kappa shape index (κ2) is 10.2. The van der Waals surface area contributed by atoms with Crippen LogP contribution < -0.4 is 15.0 Å². The summed E-state index contributed by atoms with van der Waals surface area (Å²) in [6.07, 6.45) is 3.02. The van der Waals surface area contributed by atoms with E-state index >= 15 is 0 Å². The van der Waals surface area contributed by atoms with Crippen molar-refractivity contribution < 1.29 is 14.3 Å². The Kier molecular flexibility index (Phi) is 7.10. The normalized spacial score (nSPS) is 17.5. The molecule has 1 N–H and O–H groups in total. The molecule has 176 valence electrons. The highest BCUT2D eigenvalue weighted by Gasteiger charge is 2.35. The molecule has 0 aliphatic carbocycles. The van der Waals surface area contributed by atoms with Crippen molar-refractivity contribution in [3.05, 3.63) is 36.5 Å². The number of aromatic nitrogens is 1. The molecule has 0 saturated carbocycles. The summed E-state index contributed by atoms with van der Waals surface area (Å²) in [6, 6.07) is 9.32. The number of rotatable bonds is 7. The molecule has 0 bridgehead atoms. The summed E-state index contributed by atoms with van der Waals surface area (Å²) in [7, 11) is 3.72. The van der Waals surface area contributed by atoms with E-state index in [0.717, 1.165) is 43.7 Å². The number of nitrogens with zero attached hydrogens (tertiary/aromatic N) is 5. The Bertz CT molecular complexity index is 988. The Balaban J connectivity index is 1.49. The van der Waals surface area contributed by atoms with Crippen LogP contribution in [0.1, 0.15) is 19.8 Å². The number of anilines is 2. The molecule has 9 heteroatoms. The molecule has 0 radical (unpaired) electrons. The van der Waals surface area contributed by atoms with Crippen molar-refractivity contribution >= 4 is 23.4 Å². The zero-order valence-electron chi connectivity index (χ0n) is 19.6. The number of ether oxygens (including phenoxy) is 1. The third-order valence-electron chi connectivity index (χ3n) is 6.10. The number of hydrazine groups is 1. The molecule has 4 rings (SSSR count). The Labute approximate surface area is 194 Å². The molecule has 33 heavy (non-hydrogen) atoms. The molecule has 2 aliphatic heterocycles. The second-order valence-electron chi connectivity index (χ2n) is 8.43. The number of piperazine rings is 1. The topological polar surface area (TPSA) is 81.3 Å². The molecule has 3 amide bonds. The van der Waals surface area contributed by atoms with Crippen molar-refractivity contribution in [2.75, 3.05) is 63.6 Å². The van der Waals surface area contributed by atoms with Gasteiger partial charge in [-0.15, -0.1) is 0 Å².